The van der Waals surface area contributed by atoms with Crippen LogP contribution in [0.5, 0.6) is 5.75 Å². The minimum absolute atomic E-state index is 0.0524. The van der Waals surface area contributed by atoms with Crippen molar-refractivity contribution in [2.75, 3.05) is 27.7 Å². The Labute approximate surface area is 181 Å². The predicted molar refractivity (Wildman–Crippen MR) is 118 cm³/mol. The van der Waals surface area contributed by atoms with Crippen LogP contribution in [0.4, 0.5) is 0 Å². The quantitative estimate of drug-likeness (QED) is 0.381. The van der Waals surface area contributed by atoms with Crippen LogP contribution < -0.4 is 10.1 Å². The highest BCUT2D eigenvalue weighted by Gasteiger charge is 2.18. The summed E-state index contributed by atoms with van der Waals surface area (Å²) in [6.07, 6.45) is 7.02. The van der Waals surface area contributed by atoms with Gasteiger partial charge >= 0.3 is 0 Å². The van der Waals surface area contributed by atoms with Gasteiger partial charge in [-0.15, -0.1) is 10.8 Å². The van der Waals surface area contributed by atoms with E-state index in [1.807, 2.05) is 0 Å². The molecule has 0 spiro atoms. The van der Waals surface area contributed by atoms with E-state index in [0.29, 0.717) is 28.3 Å². The van der Waals surface area contributed by atoms with E-state index in [0.717, 1.165) is 0 Å². The van der Waals surface area contributed by atoms with Crippen LogP contribution in [0.15, 0.2) is 45.7 Å². The molecule has 0 aliphatic carbocycles. The lowest BCUT2D eigenvalue weighted by atomic mass is 10.1. The van der Waals surface area contributed by atoms with Gasteiger partial charge in [-0.25, -0.2) is 0 Å². The second kappa shape index (κ2) is 10.1. The number of benzene rings is 2. The molecule has 0 unspecified atom stereocenters. The van der Waals surface area contributed by atoms with Crippen molar-refractivity contribution >= 4 is 33.9 Å². The van der Waals surface area contributed by atoms with Crippen molar-refractivity contribution in [3.8, 4) is 18.1 Å². The summed E-state index contributed by atoms with van der Waals surface area (Å²) < 4.78 is 33.9. The first-order valence-corrected chi connectivity index (χ1v) is 10.7. The molecule has 9 heteroatoms. The van der Waals surface area contributed by atoms with Gasteiger partial charge in [-0.3, -0.25) is 4.79 Å². The number of nitrogens with zero attached hydrogens (tertiary/aromatic N) is 2. The first-order chi connectivity index (χ1) is 14.2. The van der Waals surface area contributed by atoms with Gasteiger partial charge in [0, 0.05) is 31.2 Å². The number of sulfonamides is 1. The number of nitrogens with one attached hydrogen (secondary N) is 1. The Morgan fingerprint density at radius 1 is 1.30 bits per heavy atom. The number of methoxy groups -OCH3 is 1. The van der Waals surface area contributed by atoms with Gasteiger partial charge in [-0.05, 0) is 42.3 Å². The summed E-state index contributed by atoms with van der Waals surface area (Å²) in [6.45, 7) is 0.268. The zero-order chi connectivity index (χ0) is 22.3. The van der Waals surface area contributed by atoms with E-state index in [4.69, 9.17) is 22.8 Å². The molecule has 0 saturated carbocycles. The molecule has 1 amide bonds. The van der Waals surface area contributed by atoms with Crippen molar-refractivity contribution in [3.05, 3.63) is 58.1 Å². The van der Waals surface area contributed by atoms with Crippen molar-refractivity contribution in [1.29, 1.82) is 0 Å². The number of amides is 1. The Bertz CT molecular complexity index is 1110. The molecule has 2 aromatic rings. The maximum atomic E-state index is 12.5. The zero-order valence-corrected chi connectivity index (χ0v) is 18.4. The van der Waals surface area contributed by atoms with E-state index < -0.39 is 10.0 Å². The molecule has 0 bridgehead atoms. The van der Waals surface area contributed by atoms with Crippen LogP contribution in [-0.2, 0) is 16.4 Å². The molecule has 0 radical (unpaired) electrons. The molecule has 0 saturated heterocycles. The highest BCUT2D eigenvalue weighted by Crippen LogP contribution is 2.23. The van der Waals surface area contributed by atoms with Crippen LogP contribution in [0.3, 0.4) is 0 Å². The van der Waals surface area contributed by atoms with E-state index in [-0.39, 0.29) is 22.9 Å². The van der Waals surface area contributed by atoms with Crippen LogP contribution in [0.2, 0.25) is 5.02 Å². The number of carbonyl (C=O) groups is 1. The van der Waals surface area contributed by atoms with Gasteiger partial charge in [0.25, 0.3) is 15.9 Å². The zero-order valence-electron chi connectivity index (χ0n) is 16.8. The molecule has 30 heavy (non-hydrogen) atoms. The van der Waals surface area contributed by atoms with E-state index in [1.54, 1.807) is 38.4 Å². The molecule has 0 aliphatic heterocycles. The predicted octanol–water partition coefficient (Wildman–Crippen LogP) is 2.58. The molecule has 2 aromatic carbocycles. The van der Waals surface area contributed by atoms with Crippen LogP contribution in [0.25, 0.3) is 0 Å². The summed E-state index contributed by atoms with van der Waals surface area (Å²) in [5.41, 5.74) is 1.22. The summed E-state index contributed by atoms with van der Waals surface area (Å²) in [5, 5.41) is 3.19. The van der Waals surface area contributed by atoms with Crippen LogP contribution >= 0.6 is 11.6 Å². The van der Waals surface area contributed by atoms with E-state index >= 15 is 0 Å². The second-order valence-corrected chi connectivity index (χ2v) is 8.52. The molecule has 0 fully saturated rings. The number of halogens is 1. The largest absolute Gasteiger partial charge is 0.496 e. The van der Waals surface area contributed by atoms with Crippen molar-refractivity contribution in [2.45, 2.75) is 11.3 Å². The fourth-order valence-electron chi connectivity index (χ4n) is 2.54. The van der Waals surface area contributed by atoms with Crippen molar-refractivity contribution in [1.82, 2.24) is 10.2 Å². The normalized spacial score (nSPS) is 11.2. The monoisotopic (exact) mass is 447 g/mol. The number of carbonyl (C=O) groups excluding carboxylic acids is 1. The number of rotatable bonds is 8. The Kier molecular flexibility index (Phi) is 7.86. The fourth-order valence-corrected chi connectivity index (χ4v) is 3.84. The summed E-state index contributed by atoms with van der Waals surface area (Å²) in [6, 6.07) is 9.51. The van der Waals surface area contributed by atoms with Gasteiger partial charge in [-0.1, -0.05) is 23.6 Å². The number of hydrogen-bond donors (Lipinski definition) is 1. The molecule has 2 rings (SSSR count). The van der Waals surface area contributed by atoms with Gasteiger partial charge in [0.1, 0.15) is 17.0 Å². The lowest BCUT2D eigenvalue weighted by molar-refractivity contribution is 0.0951. The highest BCUT2D eigenvalue weighted by molar-refractivity contribution is 7.90. The summed E-state index contributed by atoms with van der Waals surface area (Å²) in [5.74, 6) is 2.42. The minimum Gasteiger partial charge on any atom is -0.496 e. The Morgan fingerprint density at radius 2 is 2.03 bits per heavy atom. The molecule has 1 N–H and O–H groups in total. The lowest BCUT2D eigenvalue weighted by Crippen LogP contribution is -2.26. The number of terminal acetylenes is 1. The van der Waals surface area contributed by atoms with Crippen molar-refractivity contribution < 1.29 is 17.9 Å². The maximum Gasteiger partial charge on any atom is 0.284 e. The number of ether oxygens (including phenoxy) is 1. The van der Waals surface area contributed by atoms with E-state index in [9.17, 15) is 13.2 Å². The van der Waals surface area contributed by atoms with Crippen LogP contribution in [0, 0.1) is 12.3 Å². The maximum absolute atomic E-state index is 12.5. The van der Waals surface area contributed by atoms with Crippen LogP contribution in [-0.4, -0.2) is 53.3 Å². The van der Waals surface area contributed by atoms with Gasteiger partial charge < -0.3 is 15.0 Å². The molecular weight excluding hydrogens is 426 g/mol. The minimum atomic E-state index is -3.95. The SMILES string of the molecule is C#Cc1ccc(CCNC(=O)c2cc(Cl)ccc2OC)cc1S(=O)(=O)N=CN(C)C. The average Bonchev–Trinajstić information content (AvgIpc) is 2.72. The third-order valence-electron chi connectivity index (χ3n) is 4.00. The van der Waals surface area contributed by atoms with Gasteiger partial charge in [0.05, 0.1) is 12.7 Å². The topological polar surface area (TPSA) is 88.1 Å². The van der Waals surface area contributed by atoms with E-state index in [2.05, 4.69) is 15.6 Å². The first-order valence-electron chi connectivity index (χ1n) is 8.86. The van der Waals surface area contributed by atoms with Gasteiger partial charge in [0.15, 0.2) is 0 Å². The van der Waals surface area contributed by atoms with Gasteiger partial charge in [-0.2, -0.15) is 8.42 Å². The molecule has 0 heterocycles. The lowest BCUT2D eigenvalue weighted by Gasteiger charge is -2.11. The molecular formula is C21H22ClN3O4S. The molecule has 7 nitrogen and oxygen atoms in total. The first kappa shape index (κ1) is 23.3. The van der Waals surface area contributed by atoms with Crippen molar-refractivity contribution in [2.24, 2.45) is 4.40 Å². The second-order valence-electron chi connectivity index (χ2n) is 6.48. The fraction of sp³-hybridized carbons (Fsp3) is 0.238. The average molecular weight is 448 g/mol. The summed E-state index contributed by atoms with van der Waals surface area (Å²) >= 11 is 5.96. The molecule has 0 aromatic heterocycles. The van der Waals surface area contributed by atoms with E-state index in [1.165, 1.54) is 30.5 Å². The van der Waals surface area contributed by atoms with Crippen LogP contribution in [0.1, 0.15) is 21.5 Å². The summed E-state index contributed by atoms with van der Waals surface area (Å²) in [4.78, 5) is 13.9. The Hall–Kier alpha value is -3.02. The molecule has 0 aliphatic rings. The molecule has 0 atom stereocenters. The Balaban J connectivity index is 2.16. The Morgan fingerprint density at radius 3 is 2.67 bits per heavy atom. The third-order valence-corrected chi connectivity index (χ3v) is 5.50. The molecule has 158 valence electrons. The summed E-state index contributed by atoms with van der Waals surface area (Å²) in [7, 11) is 0.838. The number of hydrogen-bond acceptors (Lipinski definition) is 4. The smallest absolute Gasteiger partial charge is 0.284 e. The highest BCUT2D eigenvalue weighted by atomic mass is 35.5. The standard InChI is InChI=1S/C21H22ClN3O4S/c1-5-16-7-6-15(12-20(16)30(27,28)24-14-25(2)3)10-11-23-21(26)18-13-17(22)8-9-19(18)29-4/h1,6-9,12-14H,10-11H2,2-4H3,(H,23,26). The van der Waals surface area contributed by atoms with Gasteiger partial charge in [0.2, 0.25) is 0 Å². The van der Waals surface area contributed by atoms with Crippen molar-refractivity contribution in [3.63, 3.8) is 0 Å². The third kappa shape index (κ3) is 5.99.